The summed E-state index contributed by atoms with van der Waals surface area (Å²) in [5.41, 5.74) is 0. The van der Waals surface area contributed by atoms with Gasteiger partial charge in [-0.2, -0.15) is 0 Å². The first-order valence-corrected chi connectivity index (χ1v) is 5.18. The minimum Gasteiger partial charge on any atom is -0.320 e. The molecular weight excluding hydrogens is 182 g/mol. The molecule has 0 aliphatic carbocycles. The summed E-state index contributed by atoms with van der Waals surface area (Å²) in [7, 11) is 0. The molecule has 3 heteroatoms. The molecule has 0 aliphatic rings. The van der Waals surface area contributed by atoms with Crippen molar-refractivity contribution in [2.45, 2.75) is 40.5 Å². The van der Waals surface area contributed by atoms with Crippen LogP contribution in [-0.2, 0) is 4.79 Å². The molecule has 0 aromatic carbocycles. The Morgan fingerprint density at radius 3 is 2.23 bits per heavy atom. The fraction of sp³-hybridized carbons (Fsp3) is 0.800. The molecule has 2 nitrogen and oxygen atoms in total. The number of hydrogen-bond acceptors (Lipinski definition) is 2. The van der Waals surface area contributed by atoms with Gasteiger partial charge >= 0.3 is 0 Å². The van der Waals surface area contributed by atoms with E-state index in [-0.39, 0.29) is 11.8 Å². The van der Waals surface area contributed by atoms with Crippen LogP contribution in [0.5, 0.6) is 0 Å². The molecule has 0 saturated carbocycles. The third-order valence-corrected chi connectivity index (χ3v) is 2.04. The van der Waals surface area contributed by atoms with Gasteiger partial charge < -0.3 is 5.32 Å². The number of amides is 1. The van der Waals surface area contributed by atoms with Crippen LogP contribution in [0.3, 0.4) is 0 Å². The second-order valence-corrected chi connectivity index (χ2v) is 4.49. The highest BCUT2D eigenvalue weighted by atomic mass is 32.1. The van der Waals surface area contributed by atoms with Crippen LogP contribution in [0.1, 0.15) is 40.5 Å². The first-order chi connectivity index (χ1) is 5.93. The highest BCUT2D eigenvalue weighted by molar-refractivity contribution is 7.80. The van der Waals surface area contributed by atoms with Crippen LogP contribution < -0.4 is 5.32 Å². The van der Waals surface area contributed by atoms with E-state index < -0.39 is 0 Å². The van der Waals surface area contributed by atoms with Gasteiger partial charge in [0.25, 0.3) is 0 Å². The van der Waals surface area contributed by atoms with E-state index in [0.29, 0.717) is 10.9 Å². The minimum atomic E-state index is 0.0111. The normalized spacial score (nSPS) is 10.6. The molecule has 0 saturated heterocycles. The van der Waals surface area contributed by atoms with E-state index in [2.05, 4.69) is 19.2 Å². The smallest absolute Gasteiger partial charge is 0.227 e. The lowest BCUT2D eigenvalue weighted by molar-refractivity contribution is -0.122. The van der Waals surface area contributed by atoms with Gasteiger partial charge in [0.15, 0.2) is 0 Å². The molecule has 0 rings (SSSR count). The van der Waals surface area contributed by atoms with Crippen LogP contribution in [0.4, 0.5) is 0 Å². The maximum Gasteiger partial charge on any atom is 0.227 e. The average molecular weight is 201 g/mol. The van der Waals surface area contributed by atoms with Gasteiger partial charge in [-0.25, -0.2) is 0 Å². The number of carbonyl (C=O) groups is 1. The number of carbonyl (C=O) groups excluding carboxylic acids is 1. The monoisotopic (exact) mass is 201 g/mol. The van der Waals surface area contributed by atoms with Crippen molar-refractivity contribution in [1.29, 1.82) is 0 Å². The van der Waals surface area contributed by atoms with Crippen LogP contribution >= 0.6 is 12.2 Å². The molecule has 1 N–H and O–H groups in total. The van der Waals surface area contributed by atoms with Crippen molar-refractivity contribution in [1.82, 2.24) is 5.32 Å². The molecule has 0 bridgehead atoms. The first kappa shape index (κ1) is 12.6. The Labute approximate surface area is 86.1 Å². The summed E-state index contributed by atoms with van der Waals surface area (Å²) in [6.45, 7) is 8.01. The Balaban J connectivity index is 3.69. The van der Waals surface area contributed by atoms with Crippen molar-refractivity contribution in [3.63, 3.8) is 0 Å². The van der Waals surface area contributed by atoms with E-state index >= 15 is 0 Å². The molecule has 0 heterocycles. The lowest BCUT2D eigenvalue weighted by Gasteiger charge is -2.09. The summed E-state index contributed by atoms with van der Waals surface area (Å²) < 4.78 is 0. The van der Waals surface area contributed by atoms with Crippen molar-refractivity contribution < 1.29 is 4.79 Å². The Morgan fingerprint density at radius 2 is 1.85 bits per heavy atom. The zero-order valence-corrected chi connectivity index (χ0v) is 9.70. The van der Waals surface area contributed by atoms with E-state index in [1.54, 1.807) is 0 Å². The Bertz CT molecular complexity index is 187. The second-order valence-electron chi connectivity index (χ2n) is 4.00. The van der Waals surface area contributed by atoms with Gasteiger partial charge in [0, 0.05) is 5.92 Å². The van der Waals surface area contributed by atoms with Crippen molar-refractivity contribution >= 4 is 23.1 Å². The van der Waals surface area contributed by atoms with Gasteiger partial charge in [-0.05, 0) is 18.8 Å². The highest BCUT2D eigenvalue weighted by Gasteiger charge is 2.08. The molecule has 0 aromatic heterocycles. The first-order valence-electron chi connectivity index (χ1n) is 4.77. The largest absolute Gasteiger partial charge is 0.320 e. The van der Waals surface area contributed by atoms with Crippen LogP contribution in [0, 0.1) is 11.8 Å². The quantitative estimate of drug-likeness (QED) is 0.708. The third-order valence-electron chi connectivity index (χ3n) is 1.74. The fourth-order valence-electron chi connectivity index (χ4n) is 0.764. The lowest BCUT2D eigenvalue weighted by atomic mass is 10.1. The molecule has 0 fully saturated rings. The van der Waals surface area contributed by atoms with Crippen LogP contribution in [-0.4, -0.2) is 10.9 Å². The average Bonchev–Trinajstić information content (AvgIpc) is 2.00. The van der Waals surface area contributed by atoms with Crippen LogP contribution in [0.25, 0.3) is 0 Å². The zero-order chi connectivity index (χ0) is 10.4. The van der Waals surface area contributed by atoms with Gasteiger partial charge in [0.05, 0.1) is 4.99 Å². The van der Waals surface area contributed by atoms with E-state index in [4.69, 9.17) is 12.2 Å². The molecule has 0 radical (unpaired) electrons. The molecule has 0 spiro atoms. The van der Waals surface area contributed by atoms with Crippen LogP contribution in [0.2, 0.25) is 0 Å². The molecule has 0 atom stereocenters. The minimum absolute atomic E-state index is 0.0111. The number of thiocarbonyl (C=S) groups is 1. The molecule has 0 unspecified atom stereocenters. The van der Waals surface area contributed by atoms with E-state index in [0.717, 1.165) is 12.8 Å². The van der Waals surface area contributed by atoms with Gasteiger partial charge in [-0.15, -0.1) is 0 Å². The number of rotatable bonds is 4. The van der Waals surface area contributed by atoms with Gasteiger partial charge in [0.2, 0.25) is 5.91 Å². The summed E-state index contributed by atoms with van der Waals surface area (Å²) in [6.07, 6.45) is 1.85. The summed E-state index contributed by atoms with van der Waals surface area (Å²) in [6, 6.07) is 0. The standard InChI is InChI=1S/C10H19NOS/c1-7(2)5-6-9(13)11-10(12)8(3)4/h7-8H,5-6H2,1-4H3,(H,11,12,13). The van der Waals surface area contributed by atoms with Crippen molar-refractivity contribution in [3.05, 3.63) is 0 Å². The predicted octanol–water partition coefficient (Wildman–Crippen LogP) is 2.52. The van der Waals surface area contributed by atoms with Crippen molar-refractivity contribution in [2.24, 2.45) is 11.8 Å². The summed E-state index contributed by atoms with van der Waals surface area (Å²) in [5, 5.41) is 2.73. The van der Waals surface area contributed by atoms with E-state index in [1.807, 2.05) is 13.8 Å². The number of nitrogens with one attached hydrogen (secondary N) is 1. The molecule has 0 aromatic rings. The molecule has 0 aliphatic heterocycles. The second kappa shape index (κ2) is 6.08. The van der Waals surface area contributed by atoms with Crippen molar-refractivity contribution in [2.75, 3.05) is 0 Å². The van der Waals surface area contributed by atoms with E-state index in [9.17, 15) is 4.79 Å². The highest BCUT2D eigenvalue weighted by Crippen LogP contribution is 2.04. The summed E-state index contributed by atoms with van der Waals surface area (Å²) >= 11 is 5.04. The van der Waals surface area contributed by atoms with Gasteiger partial charge in [0.1, 0.15) is 0 Å². The predicted molar refractivity (Wildman–Crippen MR) is 59.7 cm³/mol. The Hall–Kier alpha value is -0.440. The maximum absolute atomic E-state index is 11.2. The lowest BCUT2D eigenvalue weighted by Crippen LogP contribution is -2.32. The van der Waals surface area contributed by atoms with Gasteiger partial charge in [-0.3, -0.25) is 4.79 Å². The van der Waals surface area contributed by atoms with Crippen molar-refractivity contribution in [3.8, 4) is 0 Å². The molecule has 13 heavy (non-hydrogen) atoms. The molecule has 1 amide bonds. The SMILES string of the molecule is CC(C)CCC(=S)NC(=O)C(C)C. The Kier molecular flexibility index (Phi) is 5.88. The van der Waals surface area contributed by atoms with E-state index in [1.165, 1.54) is 0 Å². The summed E-state index contributed by atoms with van der Waals surface area (Å²) in [5.74, 6) is 0.666. The summed E-state index contributed by atoms with van der Waals surface area (Å²) in [4.78, 5) is 11.9. The Morgan fingerprint density at radius 1 is 1.31 bits per heavy atom. The zero-order valence-electron chi connectivity index (χ0n) is 8.89. The third kappa shape index (κ3) is 6.70. The fourth-order valence-corrected chi connectivity index (χ4v) is 0.982. The topological polar surface area (TPSA) is 29.1 Å². The molecule has 76 valence electrons. The maximum atomic E-state index is 11.2. The van der Waals surface area contributed by atoms with Crippen LogP contribution in [0.15, 0.2) is 0 Å². The number of hydrogen-bond donors (Lipinski definition) is 1. The molecular formula is C10H19NOS. The van der Waals surface area contributed by atoms with Gasteiger partial charge in [-0.1, -0.05) is 39.9 Å².